The van der Waals surface area contributed by atoms with Gasteiger partial charge in [0, 0.05) is 36.1 Å². The van der Waals surface area contributed by atoms with Gasteiger partial charge in [-0.15, -0.1) is 11.3 Å². The van der Waals surface area contributed by atoms with Crippen LogP contribution in [0.1, 0.15) is 11.8 Å². The Morgan fingerprint density at radius 3 is 2.39 bits per heavy atom. The van der Waals surface area contributed by atoms with E-state index in [0.717, 1.165) is 26.9 Å². The van der Waals surface area contributed by atoms with Crippen LogP contribution in [0, 0.1) is 11.3 Å². The fraction of sp³-hybridized carbons (Fsp3) is 0.346. The molecule has 3 aromatic rings. The maximum absolute atomic E-state index is 12.9. The molecule has 0 bridgehead atoms. The second-order valence-electron chi connectivity index (χ2n) is 9.26. The summed E-state index contributed by atoms with van der Waals surface area (Å²) in [4.78, 5) is 3.02. The second kappa shape index (κ2) is 11.1. The van der Waals surface area contributed by atoms with Crippen LogP contribution < -0.4 is 9.62 Å². The van der Waals surface area contributed by atoms with Crippen molar-refractivity contribution in [2.24, 2.45) is 0 Å². The van der Waals surface area contributed by atoms with Crippen molar-refractivity contribution < 1.29 is 33.6 Å². The second-order valence-corrected chi connectivity index (χ2v) is 12.0. The molecule has 0 spiro atoms. The molecule has 1 aliphatic heterocycles. The van der Waals surface area contributed by atoms with Gasteiger partial charge in [-0.05, 0) is 59.2 Å². The molecule has 5 N–H and O–H groups in total. The Kier molecular flexibility index (Phi) is 8.22. The first-order valence-electron chi connectivity index (χ1n) is 11.7. The van der Waals surface area contributed by atoms with Gasteiger partial charge in [-0.2, -0.15) is 5.26 Å². The predicted molar refractivity (Wildman–Crippen MR) is 146 cm³/mol. The van der Waals surface area contributed by atoms with Gasteiger partial charge in [-0.25, -0.2) is 13.1 Å². The summed E-state index contributed by atoms with van der Waals surface area (Å²) >= 11 is 1.35. The van der Waals surface area contributed by atoms with Crippen molar-refractivity contribution in [1.29, 1.82) is 5.26 Å². The van der Waals surface area contributed by atoms with Crippen LogP contribution in [-0.2, 0) is 14.8 Å². The monoisotopic (exact) mass is 559 g/mol. The Morgan fingerprint density at radius 1 is 1.03 bits per heavy atom. The fourth-order valence-corrected chi connectivity index (χ4v) is 6.42. The number of nitriles is 1. The van der Waals surface area contributed by atoms with Gasteiger partial charge in [0.05, 0.1) is 0 Å². The number of rotatable bonds is 7. The lowest BCUT2D eigenvalue weighted by molar-refractivity contribution is -0.279. The smallest absolute Gasteiger partial charge is 0.251 e. The molecule has 2 aromatic carbocycles. The highest BCUT2D eigenvalue weighted by atomic mass is 32.2. The molecule has 0 aliphatic carbocycles. The van der Waals surface area contributed by atoms with E-state index in [1.165, 1.54) is 18.3 Å². The molecule has 1 aromatic heterocycles. The summed E-state index contributed by atoms with van der Waals surface area (Å²) in [5, 5.41) is 51.0. The summed E-state index contributed by atoms with van der Waals surface area (Å²) in [5.74, 6) is 0. The number of anilines is 1. The van der Waals surface area contributed by atoms with Crippen molar-refractivity contribution in [2.45, 2.75) is 37.6 Å². The van der Waals surface area contributed by atoms with Gasteiger partial charge in [0.25, 0.3) is 10.0 Å². The summed E-state index contributed by atoms with van der Waals surface area (Å²) < 4.78 is 33.1. The van der Waals surface area contributed by atoms with E-state index in [1.807, 2.05) is 49.3 Å². The van der Waals surface area contributed by atoms with E-state index in [1.54, 1.807) is 12.1 Å². The van der Waals surface area contributed by atoms with Crippen molar-refractivity contribution in [2.75, 3.05) is 25.5 Å². The minimum atomic E-state index is -4.33. The molecule has 2 heterocycles. The van der Waals surface area contributed by atoms with E-state index in [0.29, 0.717) is 4.88 Å². The quantitative estimate of drug-likeness (QED) is 0.271. The van der Waals surface area contributed by atoms with Gasteiger partial charge in [-0.3, -0.25) is 0 Å². The standard InChI is InChI=1S/C26H29N3O7S2/c1-14(22(12-27)38(34,35)28-13-19-23(30)24(31)25(32)26(33)36-19)20-8-9-21(37-20)17-5-4-16-11-18(29(2)3)7-6-15(16)10-17/h4-11,19,23-26,28,30-33H,13H2,1-3H3/b22-14+/t19?,23-,24+,25-,26?/m1/s1. The molecule has 5 atom stereocenters. The van der Waals surface area contributed by atoms with Gasteiger partial charge < -0.3 is 30.1 Å². The van der Waals surface area contributed by atoms with Crippen molar-refractivity contribution in [3.63, 3.8) is 0 Å². The molecule has 0 saturated carbocycles. The molecule has 1 aliphatic rings. The van der Waals surface area contributed by atoms with E-state index in [2.05, 4.69) is 16.9 Å². The van der Waals surface area contributed by atoms with Crippen molar-refractivity contribution in [1.82, 2.24) is 4.72 Å². The first kappa shape index (κ1) is 28.2. The van der Waals surface area contributed by atoms with E-state index in [4.69, 9.17) is 4.74 Å². The number of sulfonamides is 1. The zero-order chi connectivity index (χ0) is 27.8. The van der Waals surface area contributed by atoms with Gasteiger partial charge in [-0.1, -0.05) is 18.2 Å². The van der Waals surface area contributed by atoms with Crippen LogP contribution >= 0.6 is 11.3 Å². The van der Waals surface area contributed by atoms with Gasteiger partial charge in [0.1, 0.15) is 30.5 Å². The largest absolute Gasteiger partial charge is 0.388 e. The molecular weight excluding hydrogens is 530 g/mol. The highest BCUT2D eigenvalue weighted by Crippen LogP contribution is 2.35. The van der Waals surface area contributed by atoms with Crippen LogP contribution in [0.25, 0.3) is 26.8 Å². The summed E-state index contributed by atoms with van der Waals surface area (Å²) in [5.41, 5.74) is 2.30. The normalized spacial score (nSPS) is 24.6. The first-order valence-corrected chi connectivity index (χ1v) is 14.0. The van der Waals surface area contributed by atoms with Crippen LogP contribution in [-0.4, -0.2) is 80.2 Å². The van der Waals surface area contributed by atoms with Crippen LogP contribution in [0.5, 0.6) is 0 Å². The van der Waals surface area contributed by atoms with E-state index >= 15 is 0 Å². The third-order valence-electron chi connectivity index (χ3n) is 6.47. The van der Waals surface area contributed by atoms with Crippen LogP contribution in [0.3, 0.4) is 0 Å². The molecule has 1 fully saturated rings. The summed E-state index contributed by atoms with van der Waals surface area (Å²) in [7, 11) is -0.366. The number of allylic oxidation sites excluding steroid dienone is 2. The Morgan fingerprint density at radius 2 is 1.71 bits per heavy atom. The number of aliphatic hydroxyl groups excluding tert-OH is 4. The molecule has 12 heteroatoms. The number of thiophene rings is 1. The predicted octanol–water partition coefficient (Wildman–Crippen LogP) is 1.61. The number of fused-ring (bicyclic) bond motifs is 1. The number of hydrogen-bond donors (Lipinski definition) is 5. The highest BCUT2D eigenvalue weighted by molar-refractivity contribution is 7.93. The summed E-state index contributed by atoms with van der Waals surface area (Å²) in [6, 6.07) is 17.6. The zero-order valence-electron chi connectivity index (χ0n) is 20.9. The average Bonchev–Trinajstić information content (AvgIpc) is 3.39. The number of benzene rings is 2. The third-order valence-corrected chi connectivity index (χ3v) is 9.21. The number of aliphatic hydroxyl groups is 4. The van der Waals surface area contributed by atoms with Crippen LogP contribution in [0.2, 0.25) is 0 Å². The molecular formula is C26H29N3O7S2. The van der Waals surface area contributed by atoms with E-state index in [9.17, 15) is 34.1 Å². The number of ether oxygens (including phenoxy) is 1. The Labute approximate surface area is 224 Å². The highest BCUT2D eigenvalue weighted by Gasteiger charge is 2.43. The number of hydrogen-bond acceptors (Lipinski definition) is 10. The zero-order valence-corrected chi connectivity index (χ0v) is 22.6. The maximum atomic E-state index is 12.9. The van der Waals surface area contributed by atoms with Crippen molar-refractivity contribution >= 4 is 43.4 Å². The van der Waals surface area contributed by atoms with Crippen LogP contribution in [0.4, 0.5) is 5.69 Å². The lowest BCUT2D eigenvalue weighted by atomic mass is 9.99. The van der Waals surface area contributed by atoms with Gasteiger partial charge >= 0.3 is 0 Å². The average molecular weight is 560 g/mol. The lowest BCUT2D eigenvalue weighted by Crippen LogP contribution is -2.59. The topological polar surface area (TPSA) is 163 Å². The number of nitrogens with one attached hydrogen (secondary N) is 1. The number of nitrogens with zero attached hydrogens (tertiary/aromatic N) is 2. The Balaban J connectivity index is 1.55. The molecule has 10 nitrogen and oxygen atoms in total. The molecule has 38 heavy (non-hydrogen) atoms. The molecule has 0 radical (unpaired) electrons. The molecule has 0 amide bonds. The Hall–Kier alpha value is -2.86. The molecule has 2 unspecified atom stereocenters. The minimum Gasteiger partial charge on any atom is -0.388 e. The van der Waals surface area contributed by atoms with E-state index < -0.39 is 52.2 Å². The molecule has 4 rings (SSSR count). The summed E-state index contributed by atoms with van der Waals surface area (Å²) in [6.07, 6.45) is -8.25. The third kappa shape index (κ3) is 5.61. The SMILES string of the molecule is C/C(=C(/C#N)S(=O)(=O)NCC1OC(O)[C@H](O)[C@@H](O)[C@@H]1O)c1ccc(-c2ccc3cc(N(C)C)ccc3c2)s1. The maximum Gasteiger partial charge on any atom is 0.251 e. The first-order chi connectivity index (χ1) is 17.9. The van der Waals surface area contributed by atoms with Gasteiger partial charge in [0.2, 0.25) is 0 Å². The fourth-order valence-electron chi connectivity index (χ4n) is 4.18. The van der Waals surface area contributed by atoms with Crippen LogP contribution in [0.15, 0.2) is 53.4 Å². The van der Waals surface area contributed by atoms with E-state index in [-0.39, 0.29) is 5.57 Å². The van der Waals surface area contributed by atoms with Gasteiger partial charge in [0.15, 0.2) is 11.2 Å². The van der Waals surface area contributed by atoms with Crippen molar-refractivity contribution in [3.8, 4) is 16.5 Å². The molecule has 1 saturated heterocycles. The lowest BCUT2D eigenvalue weighted by Gasteiger charge is -2.38. The minimum absolute atomic E-state index is 0.244. The summed E-state index contributed by atoms with van der Waals surface area (Å²) in [6.45, 7) is 0.998. The Bertz CT molecular complexity index is 1510. The molecule has 202 valence electrons. The van der Waals surface area contributed by atoms with Crippen molar-refractivity contribution in [3.05, 3.63) is 58.3 Å².